The summed E-state index contributed by atoms with van der Waals surface area (Å²) in [7, 11) is 0. The van der Waals surface area contributed by atoms with Gasteiger partial charge in [0.05, 0.1) is 0 Å². The number of aliphatic carboxylic acids is 1. The average molecular weight is 150 g/mol. The van der Waals surface area contributed by atoms with Crippen LogP contribution in [0.2, 0.25) is 0 Å². The van der Waals surface area contributed by atoms with Crippen LogP contribution in [0.1, 0.15) is 13.3 Å². The Labute approximate surface area is 97.8 Å². The number of carboxylic acid groups (broad SMARTS) is 1. The molecule has 0 saturated heterocycles. The van der Waals surface area contributed by atoms with Crippen LogP contribution in [0.4, 0.5) is 0 Å². The molecule has 0 amide bonds. The monoisotopic (exact) mass is 150 g/mol. The second-order valence-electron chi connectivity index (χ2n) is 1.08. The molecule has 0 aromatic heterocycles. The number of rotatable bonds is 2. The Morgan fingerprint density at radius 3 is 1.67 bits per heavy atom. The fraction of sp³-hybridized carbons (Fsp3) is 0.500. The van der Waals surface area contributed by atoms with Crippen molar-refractivity contribution >= 4 is 70.9 Å². The number of carbonyl (C=O) groups excluding carboxylic acids is 1. The molecule has 0 unspecified atom stereocenters. The van der Waals surface area contributed by atoms with Crippen molar-refractivity contribution in [3.05, 3.63) is 0 Å². The number of Topliss-reactive ketones (excluding diaryl/α,β-unsaturated/α-hetero) is 1. The van der Waals surface area contributed by atoms with E-state index in [-0.39, 0.29) is 65.5 Å². The van der Waals surface area contributed by atoms with Crippen molar-refractivity contribution in [3.8, 4) is 0 Å². The maximum atomic E-state index is 9.91. The first-order valence-corrected chi connectivity index (χ1v) is 1.94. The maximum absolute atomic E-state index is 9.91. The predicted molar refractivity (Wildman–Crippen MR) is 37.2 cm³/mol. The van der Waals surface area contributed by atoms with Gasteiger partial charge in [0.2, 0.25) is 5.78 Å². The molecule has 1 N–H and O–H groups in total. The van der Waals surface area contributed by atoms with Crippen LogP contribution < -0.4 is 0 Å². The molecule has 44 valence electrons. The summed E-state index contributed by atoms with van der Waals surface area (Å²) in [4.78, 5) is 19.5. The van der Waals surface area contributed by atoms with Crippen LogP contribution in [0.5, 0.6) is 0 Å². The molecule has 5 heteroatoms. The Morgan fingerprint density at radius 1 is 1.33 bits per heavy atom. The van der Waals surface area contributed by atoms with E-state index < -0.39 is 11.8 Å². The van der Waals surface area contributed by atoms with E-state index in [0.29, 0.717) is 0 Å². The van der Waals surface area contributed by atoms with Crippen LogP contribution in [0.15, 0.2) is 0 Å². The van der Waals surface area contributed by atoms with Crippen LogP contribution in [0, 0.1) is 0 Å². The molecule has 0 saturated carbocycles. The van der Waals surface area contributed by atoms with Gasteiger partial charge in [-0.1, -0.05) is 6.92 Å². The zero-order chi connectivity index (χ0) is 5.86. The second-order valence-corrected chi connectivity index (χ2v) is 1.08. The van der Waals surface area contributed by atoms with E-state index >= 15 is 0 Å². The molecule has 0 radical (unpaired) electrons. The van der Waals surface area contributed by atoms with Crippen molar-refractivity contribution in [3.63, 3.8) is 0 Å². The van der Waals surface area contributed by atoms with E-state index in [1.54, 1.807) is 0 Å². The summed E-state index contributed by atoms with van der Waals surface area (Å²) in [5.74, 6) is -2.08. The molecular weight excluding hydrogens is 142 g/mol. The Morgan fingerprint density at radius 2 is 1.67 bits per heavy atom. The van der Waals surface area contributed by atoms with Crippen molar-refractivity contribution in [2.45, 2.75) is 13.3 Å². The van der Waals surface area contributed by atoms with Crippen molar-refractivity contribution < 1.29 is 14.7 Å². The van der Waals surface area contributed by atoms with Crippen molar-refractivity contribution in [1.29, 1.82) is 0 Å². The van der Waals surface area contributed by atoms with Crippen molar-refractivity contribution in [2.75, 3.05) is 0 Å². The summed E-state index contributed by atoms with van der Waals surface area (Å²) in [6.07, 6.45) is 0.0787. The topological polar surface area (TPSA) is 54.4 Å². The van der Waals surface area contributed by atoms with Crippen molar-refractivity contribution in [1.82, 2.24) is 0 Å². The molecule has 9 heavy (non-hydrogen) atoms. The minimum absolute atomic E-state index is 0. The van der Waals surface area contributed by atoms with Gasteiger partial charge in [0.15, 0.2) is 0 Å². The third-order valence-electron chi connectivity index (χ3n) is 0.560. The molecule has 0 aliphatic rings. The number of carbonyl (C=O) groups is 2. The number of carboxylic acids is 1. The summed E-state index contributed by atoms with van der Waals surface area (Å²) < 4.78 is 0. The van der Waals surface area contributed by atoms with Gasteiger partial charge in [-0.25, -0.2) is 4.79 Å². The number of hydrogen-bond acceptors (Lipinski definition) is 2. The molecule has 0 fully saturated rings. The summed E-state index contributed by atoms with van der Waals surface area (Å²) in [6.45, 7) is 1.51. The normalized spacial score (nSPS) is 6.33. The molecule has 0 bridgehead atoms. The van der Waals surface area contributed by atoms with Gasteiger partial charge in [-0.15, -0.1) is 0 Å². The molecule has 0 heterocycles. The molecule has 0 aromatic rings. The van der Waals surface area contributed by atoms with Gasteiger partial charge in [-0.2, -0.15) is 0 Å². The fourth-order valence-corrected chi connectivity index (χ4v) is 0.151. The molecule has 0 aliphatic carbocycles. The zero-order valence-corrected chi connectivity index (χ0v) is 3.97. The van der Waals surface area contributed by atoms with Gasteiger partial charge < -0.3 is 5.11 Å². The van der Waals surface area contributed by atoms with Crippen LogP contribution >= 0.6 is 0 Å². The zero-order valence-electron chi connectivity index (χ0n) is 3.97. The molecule has 3 nitrogen and oxygen atoms in total. The minimum atomic E-state index is -1.34. The Kier molecular flexibility index (Phi) is 16.9. The standard InChI is InChI=1S/C4H6O3.2Na.2H/c1-2-3(5)4(6)7;;;;/h2H2,1H3,(H,6,7);;;;. The summed E-state index contributed by atoms with van der Waals surface area (Å²) in [6, 6.07) is 0. The summed E-state index contributed by atoms with van der Waals surface area (Å²) in [5.41, 5.74) is 0. The van der Waals surface area contributed by atoms with E-state index in [4.69, 9.17) is 5.11 Å². The van der Waals surface area contributed by atoms with Gasteiger partial charge in [-0.05, 0) is 0 Å². The quantitative estimate of drug-likeness (QED) is 0.395. The molecular formula is C4H8Na2O3. The van der Waals surface area contributed by atoms with Gasteiger partial charge >= 0.3 is 65.1 Å². The van der Waals surface area contributed by atoms with Gasteiger partial charge in [0.1, 0.15) is 0 Å². The van der Waals surface area contributed by atoms with Crippen LogP contribution in [-0.4, -0.2) is 76.0 Å². The SMILES string of the molecule is CCC(=O)C(=O)O.[NaH].[NaH]. The van der Waals surface area contributed by atoms with Gasteiger partial charge in [0.25, 0.3) is 0 Å². The molecule has 0 aromatic carbocycles. The molecule has 0 aliphatic heterocycles. The van der Waals surface area contributed by atoms with Gasteiger partial charge in [-0.3, -0.25) is 4.79 Å². The van der Waals surface area contributed by atoms with Crippen LogP contribution in [0.3, 0.4) is 0 Å². The third kappa shape index (κ3) is 9.14. The Bertz CT molecular complexity index is 102. The van der Waals surface area contributed by atoms with Gasteiger partial charge in [0, 0.05) is 6.42 Å². The fourth-order valence-electron chi connectivity index (χ4n) is 0.151. The first-order valence-electron chi connectivity index (χ1n) is 1.94. The second kappa shape index (κ2) is 9.14. The summed E-state index contributed by atoms with van der Waals surface area (Å²) in [5, 5.41) is 7.83. The molecule has 0 rings (SSSR count). The first kappa shape index (κ1) is 16.6. The van der Waals surface area contributed by atoms with Crippen LogP contribution in [-0.2, 0) is 9.59 Å². The summed E-state index contributed by atoms with van der Waals surface area (Å²) >= 11 is 0. The van der Waals surface area contributed by atoms with E-state index in [2.05, 4.69) is 0 Å². The van der Waals surface area contributed by atoms with Crippen LogP contribution in [0.25, 0.3) is 0 Å². The molecule has 0 atom stereocenters. The van der Waals surface area contributed by atoms with E-state index in [9.17, 15) is 9.59 Å². The Balaban J connectivity index is -0.000000180. The number of ketones is 1. The average Bonchev–Trinajstić information content (AvgIpc) is 1.65. The van der Waals surface area contributed by atoms with E-state index in [0.717, 1.165) is 0 Å². The Hall–Kier alpha value is 1.14. The van der Waals surface area contributed by atoms with E-state index in [1.165, 1.54) is 6.92 Å². The van der Waals surface area contributed by atoms with E-state index in [1.807, 2.05) is 0 Å². The molecule has 0 spiro atoms. The first-order chi connectivity index (χ1) is 3.18. The third-order valence-corrected chi connectivity index (χ3v) is 0.560. The number of hydrogen-bond donors (Lipinski definition) is 1. The predicted octanol–water partition coefficient (Wildman–Crippen LogP) is -1.25. The van der Waals surface area contributed by atoms with Crippen molar-refractivity contribution in [2.24, 2.45) is 0 Å².